The molecule has 3 rings (SSSR count). The average molecular weight is 479 g/mol. The van der Waals surface area contributed by atoms with Gasteiger partial charge in [0.25, 0.3) is 0 Å². The lowest BCUT2D eigenvalue weighted by molar-refractivity contribution is -0.137. The number of rotatable bonds is 3. The first-order valence-corrected chi connectivity index (χ1v) is 12.0. The van der Waals surface area contributed by atoms with Gasteiger partial charge in [0.2, 0.25) is 10.0 Å². The fourth-order valence-corrected chi connectivity index (χ4v) is 5.73. The summed E-state index contributed by atoms with van der Waals surface area (Å²) < 4.78 is 71.7. The summed E-state index contributed by atoms with van der Waals surface area (Å²) in [6.45, 7) is 6.85. The lowest BCUT2D eigenvalue weighted by Crippen LogP contribution is -2.53. The molecule has 12 heteroatoms. The molecule has 2 fully saturated rings. The minimum Gasteiger partial charge on any atom is -0.444 e. The number of sulfonamides is 1. The number of anilines is 1. The maximum atomic E-state index is 13.1. The summed E-state index contributed by atoms with van der Waals surface area (Å²) in [5.41, 5.74) is -1.13. The van der Waals surface area contributed by atoms with Gasteiger partial charge in [-0.15, -0.1) is 0 Å². The van der Waals surface area contributed by atoms with E-state index in [0.29, 0.717) is 31.6 Å². The molecule has 2 saturated heterocycles. The van der Waals surface area contributed by atoms with Crippen LogP contribution in [0.3, 0.4) is 0 Å². The third kappa shape index (κ3) is 5.83. The molecule has 0 aromatic carbocycles. The standard InChI is InChI=1S/C20H29F3N4O4S/c1-19(2,3)31-18(28)26-6-4-17(5-7-26)32(29,30)27-10-8-25(9-11-27)16-12-15(13-24-14-16)20(21,22)23/h12-14,17H,4-11H2,1-3H3. The highest BCUT2D eigenvalue weighted by Crippen LogP contribution is 2.31. The van der Waals surface area contributed by atoms with Crippen LogP contribution in [-0.4, -0.2) is 78.8 Å². The zero-order valence-electron chi connectivity index (χ0n) is 18.4. The number of aromatic nitrogens is 1. The van der Waals surface area contributed by atoms with Crippen LogP contribution in [0.1, 0.15) is 39.2 Å². The molecular weight excluding hydrogens is 449 g/mol. The molecule has 2 aliphatic rings. The zero-order valence-corrected chi connectivity index (χ0v) is 19.2. The molecule has 0 unspecified atom stereocenters. The van der Waals surface area contributed by atoms with Gasteiger partial charge in [0.05, 0.1) is 22.7 Å². The number of ether oxygens (including phenoxy) is 1. The van der Waals surface area contributed by atoms with Crippen molar-refractivity contribution in [3.05, 3.63) is 24.0 Å². The van der Waals surface area contributed by atoms with Crippen LogP contribution < -0.4 is 4.90 Å². The number of pyridine rings is 1. The Hall–Kier alpha value is -2.08. The fourth-order valence-electron chi connectivity index (χ4n) is 3.83. The molecule has 0 N–H and O–H groups in total. The van der Waals surface area contributed by atoms with E-state index in [2.05, 4.69) is 4.98 Å². The van der Waals surface area contributed by atoms with Crippen LogP contribution in [0.5, 0.6) is 0 Å². The predicted octanol–water partition coefficient (Wildman–Crippen LogP) is 2.95. The summed E-state index contributed by atoms with van der Waals surface area (Å²) in [5.74, 6) is 0. The maximum absolute atomic E-state index is 13.1. The Bertz CT molecular complexity index is 918. The Kier molecular flexibility index (Phi) is 6.94. The summed E-state index contributed by atoms with van der Waals surface area (Å²) in [6, 6.07) is 1.03. The first kappa shape index (κ1) is 24.6. The second-order valence-electron chi connectivity index (χ2n) is 9.03. The van der Waals surface area contributed by atoms with E-state index >= 15 is 0 Å². The van der Waals surface area contributed by atoms with Crippen molar-refractivity contribution in [3.63, 3.8) is 0 Å². The summed E-state index contributed by atoms with van der Waals surface area (Å²) in [5, 5.41) is -0.594. The highest BCUT2D eigenvalue weighted by atomic mass is 32.2. The Morgan fingerprint density at radius 1 is 1.03 bits per heavy atom. The van der Waals surface area contributed by atoms with Crippen molar-refractivity contribution in [2.24, 2.45) is 0 Å². The van der Waals surface area contributed by atoms with Crippen molar-refractivity contribution in [1.29, 1.82) is 0 Å². The van der Waals surface area contributed by atoms with Crippen molar-refractivity contribution < 1.29 is 31.1 Å². The Balaban J connectivity index is 1.56. The van der Waals surface area contributed by atoms with E-state index in [1.54, 1.807) is 25.7 Å². The number of carbonyl (C=O) groups excluding carboxylic acids is 1. The van der Waals surface area contributed by atoms with Crippen LogP contribution in [0, 0.1) is 0 Å². The molecule has 32 heavy (non-hydrogen) atoms. The molecule has 0 aliphatic carbocycles. The van der Waals surface area contributed by atoms with Gasteiger partial charge in [-0.25, -0.2) is 13.2 Å². The van der Waals surface area contributed by atoms with E-state index < -0.39 is 38.7 Å². The van der Waals surface area contributed by atoms with Gasteiger partial charge in [0, 0.05) is 45.5 Å². The number of halogens is 3. The number of piperidine rings is 1. The number of alkyl halides is 3. The summed E-state index contributed by atoms with van der Waals surface area (Å²) in [6.07, 6.45) is -2.17. The molecule has 0 saturated carbocycles. The van der Waals surface area contributed by atoms with E-state index in [1.165, 1.54) is 15.4 Å². The summed E-state index contributed by atoms with van der Waals surface area (Å²) >= 11 is 0. The third-order valence-electron chi connectivity index (χ3n) is 5.53. The summed E-state index contributed by atoms with van der Waals surface area (Å²) in [4.78, 5) is 19.1. The molecule has 2 aliphatic heterocycles. The first-order chi connectivity index (χ1) is 14.8. The van der Waals surface area contributed by atoms with Crippen LogP contribution >= 0.6 is 0 Å². The molecule has 0 spiro atoms. The highest BCUT2D eigenvalue weighted by Gasteiger charge is 2.38. The Morgan fingerprint density at radius 3 is 2.16 bits per heavy atom. The Labute approximate surface area is 186 Å². The van der Waals surface area contributed by atoms with E-state index in [1.807, 2.05) is 0 Å². The van der Waals surface area contributed by atoms with Crippen LogP contribution in [-0.2, 0) is 20.9 Å². The molecule has 1 aromatic rings. The monoisotopic (exact) mass is 478 g/mol. The van der Waals surface area contributed by atoms with Crippen molar-refractivity contribution in [2.75, 3.05) is 44.2 Å². The average Bonchev–Trinajstić information content (AvgIpc) is 2.72. The van der Waals surface area contributed by atoms with Crippen molar-refractivity contribution in [2.45, 2.75) is 50.6 Å². The number of carbonyl (C=O) groups is 1. The lowest BCUT2D eigenvalue weighted by Gasteiger charge is -2.39. The van der Waals surface area contributed by atoms with Crippen LogP contribution in [0.4, 0.5) is 23.7 Å². The maximum Gasteiger partial charge on any atom is 0.417 e. The number of nitrogens with zero attached hydrogens (tertiary/aromatic N) is 4. The first-order valence-electron chi connectivity index (χ1n) is 10.5. The zero-order chi connectivity index (χ0) is 23.7. The minimum atomic E-state index is -4.48. The number of piperazine rings is 1. The summed E-state index contributed by atoms with van der Waals surface area (Å²) in [7, 11) is -3.57. The predicted molar refractivity (Wildman–Crippen MR) is 113 cm³/mol. The topological polar surface area (TPSA) is 83.0 Å². The van der Waals surface area contributed by atoms with Crippen LogP contribution in [0.2, 0.25) is 0 Å². The van der Waals surface area contributed by atoms with Gasteiger partial charge in [-0.05, 0) is 39.7 Å². The SMILES string of the molecule is CC(C)(C)OC(=O)N1CCC(S(=O)(=O)N2CCN(c3cncc(C(F)(F)F)c3)CC2)CC1. The van der Waals surface area contributed by atoms with Gasteiger partial charge >= 0.3 is 12.3 Å². The quantitative estimate of drug-likeness (QED) is 0.664. The van der Waals surface area contributed by atoms with E-state index in [4.69, 9.17) is 4.74 Å². The molecule has 8 nitrogen and oxygen atoms in total. The largest absolute Gasteiger partial charge is 0.444 e. The van der Waals surface area contributed by atoms with Gasteiger partial charge in [-0.3, -0.25) is 4.98 Å². The molecule has 0 atom stereocenters. The molecule has 1 amide bonds. The molecule has 0 bridgehead atoms. The lowest BCUT2D eigenvalue weighted by atomic mass is 10.1. The molecule has 1 aromatic heterocycles. The number of hydrogen-bond donors (Lipinski definition) is 0. The smallest absolute Gasteiger partial charge is 0.417 e. The van der Waals surface area contributed by atoms with Crippen LogP contribution in [0.15, 0.2) is 18.5 Å². The molecule has 3 heterocycles. The van der Waals surface area contributed by atoms with Gasteiger partial charge in [-0.1, -0.05) is 0 Å². The molecule has 0 radical (unpaired) electrons. The van der Waals surface area contributed by atoms with Gasteiger partial charge in [0.15, 0.2) is 0 Å². The number of hydrogen-bond acceptors (Lipinski definition) is 6. The molecular formula is C20H29F3N4O4S. The van der Waals surface area contributed by atoms with Crippen molar-refractivity contribution in [3.8, 4) is 0 Å². The highest BCUT2D eigenvalue weighted by molar-refractivity contribution is 7.89. The molecule has 180 valence electrons. The minimum absolute atomic E-state index is 0.185. The fraction of sp³-hybridized carbons (Fsp3) is 0.700. The number of likely N-dealkylation sites (tertiary alicyclic amines) is 1. The van der Waals surface area contributed by atoms with E-state index in [-0.39, 0.29) is 26.2 Å². The number of amides is 1. The van der Waals surface area contributed by atoms with Gasteiger partial charge in [0.1, 0.15) is 5.60 Å². The Morgan fingerprint density at radius 2 is 1.62 bits per heavy atom. The second kappa shape index (κ2) is 9.05. The van der Waals surface area contributed by atoms with Crippen molar-refractivity contribution >= 4 is 21.8 Å². The normalized spacial score (nSPS) is 19.8. The van der Waals surface area contributed by atoms with Gasteiger partial charge < -0.3 is 14.5 Å². The van der Waals surface area contributed by atoms with Gasteiger partial charge in [-0.2, -0.15) is 17.5 Å². The van der Waals surface area contributed by atoms with Crippen molar-refractivity contribution in [1.82, 2.24) is 14.2 Å². The van der Waals surface area contributed by atoms with Crippen LogP contribution in [0.25, 0.3) is 0 Å². The second-order valence-corrected chi connectivity index (χ2v) is 11.2. The van der Waals surface area contributed by atoms with E-state index in [9.17, 15) is 26.4 Å². The third-order valence-corrected chi connectivity index (χ3v) is 7.93. The van der Waals surface area contributed by atoms with E-state index in [0.717, 1.165) is 12.3 Å².